The standard InChI is InChI=1S/C10H18N4O2S.C6H14N2O/c11-14-8(15)4-2-1-3-7-9-6(5-17-7)12-10(16)13-9;1-2-3-4-5-6(9)8-7/h6-7,9H,1-5,11H2,(H,14,15)(H2,12,13,16);2-5,7H2,1H3,(H,8,9)/t6-,7-,9-;/m0./s1. The molecular weight excluding hydrogens is 356 g/mol. The lowest BCUT2D eigenvalue weighted by Gasteiger charge is -2.16. The summed E-state index contributed by atoms with van der Waals surface area (Å²) in [6.07, 6.45) is 7.09. The van der Waals surface area contributed by atoms with Gasteiger partial charge in [-0.25, -0.2) is 16.5 Å². The molecule has 0 spiro atoms. The van der Waals surface area contributed by atoms with Crippen molar-refractivity contribution in [1.82, 2.24) is 21.5 Å². The molecule has 0 bridgehead atoms. The van der Waals surface area contributed by atoms with Crippen LogP contribution in [0.25, 0.3) is 0 Å². The van der Waals surface area contributed by atoms with Crippen LogP contribution in [0.2, 0.25) is 0 Å². The molecule has 26 heavy (non-hydrogen) atoms. The van der Waals surface area contributed by atoms with E-state index in [4.69, 9.17) is 11.7 Å². The number of rotatable bonds is 9. The second-order valence-corrected chi connectivity index (χ2v) is 7.73. The summed E-state index contributed by atoms with van der Waals surface area (Å²) in [4.78, 5) is 32.5. The molecule has 0 aromatic carbocycles. The first kappa shape index (κ1) is 22.5. The number of amides is 4. The van der Waals surface area contributed by atoms with Gasteiger partial charge in [0.05, 0.1) is 12.1 Å². The fourth-order valence-corrected chi connectivity index (χ4v) is 4.50. The van der Waals surface area contributed by atoms with Gasteiger partial charge in [0.15, 0.2) is 0 Å². The Morgan fingerprint density at radius 1 is 1.08 bits per heavy atom. The zero-order valence-electron chi connectivity index (χ0n) is 15.4. The average molecular weight is 389 g/mol. The van der Waals surface area contributed by atoms with Gasteiger partial charge in [0, 0.05) is 23.8 Å². The number of carbonyl (C=O) groups is 3. The van der Waals surface area contributed by atoms with Gasteiger partial charge in [-0.05, 0) is 19.3 Å². The fourth-order valence-electron chi connectivity index (χ4n) is 2.95. The van der Waals surface area contributed by atoms with Gasteiger partial charge in [-0.15, -0.1) is 0 Å². The molecule has 2 aliphatic rings. The summed E-state index contributed by atoms with van der Waals surface area (Å²) in [7, 11) is 0. The highest BCUT2D eigenvalue weighted by atomic mass is 32.2. The van der Waals surface area contributed by atoms with Crippen molar-refractivity contribution in [2.45, 2.75) is 75.6 Å². The average Bonchev–Trinajstić information content (AvgIpc) is 3.18. The van der Waals surface area contributed by atoms with E-state index in [0.29, 0.717) is 18.1 Å². The van der Waals surface area contributed by atoms with E-state index in [9.17, 15) is 14.4 Å². The van der Waals surface area contributed by atoms with Crippen molar-refractivity contribution in [3.63, 3.8) is 0 Å². The third-order valence-electron chi connectivity index (χ3n) is 4.41. The molecule has 8 N–H and O–H groups in total. The van der Waals surface area contributed by atoms with Crippen LogP contribution in [0.5, 0.6) is 0 Å². The van der Waals surface area contributed by atoms with E-state index in [1.807, 2.05) is 11.8 Å². The Morgan fingerprint density at radius 3 is 2.27 bits per heavy atom. The lowest BCUT2D eigenvalue weighted by molar-refractivity contribution is -0.122. The smallest absolute Gasteiger partial charge is 0.315 e. The van der Waals surface area contributed by atoms with Gasteiger partial charge in [-0.1, -0.05) is 26.2 Å². The van der Waals surface area contributed by atoms with E-state index in [2.05, 4.69) is 28.4 Å². The first-order valence-electron chi connectivity index (χ1n) is 9.19. The number of carbonyl (C=O) groups excluding carboxylic acids is 3. The van der Waals surface area contributed by atoms with Crippen LogP contribution in [0.4, 0.5) is 4.79 Å². The predicted molar refractivity (Wildman–Crippen MR) is 103 cm³/mol. The van der Waals surface area contributed by atoms with Gasteiger partial charge in [-0.3, -0.25) is 20.4 Å². The van der Waals surface area contributed by atoms with Crippen LogP contribution in [0.15, 0.2) is 0 Å². The van der Waals surface area contributed by atoms with Gasteiger partial charge in [-0.2, -0.15) is 11.8 Å². The Kier molecular flexibility index (Phi) is 11.1. The number of unbranched alkanes of at least 4 members (excludes halogenated alkanes) is 3. The van der Waals surface area contributed by atoms with Crippen LogP contribution in [0, 0.1) is 0 Å². The molecule has 3 atom stereocenters. The van der Waals surface area contributed by atoms with Crippen molar-refractivity contribution < 1.29 is 14.4 Å². The molecular formula is C16H32N6O3S. The number of nitrogens with two attached hydrogens (primary N) is 2. The maximum Gasteiger partial charge on any atom is 0.315 e. The first-order valence-corrected chi connectivity index (χ1v) is 10.2. The number of thioether (sulfide) groups is 1. The molecule has 2 rings (SSSR count). The number of hydrazine groups is 2. The fraction of sp³-hybridized carbons (Fsp3) is 0.812. The molecule has 0 saturated carbocycles. The van der Waals surface area contributed by atoms with Crippen molar-refractivity contribution in [1.29, 1.82) is 0 Å². The molecule has 0 aliphatic carbocycles. The summed E-state index contributed by atoms with van der Waals surface area (Å²) in [6.45, 7) is 2.10. The third-order valence-corrected chi connectivity index (χ3v) is 5.92. The van der Waals surface area contributed by atoms with Crippen molar-refractivity contribution in [2.24, 2.45) is 11.7 Å². The van der Waals surface area contributed by atoms with E-state index in [1.165, 1.54) is 0 Å². The van der Waals surface area contributed by atoms with E-state index in [1.54, 1.807) is 0 Å². The molecule has 2 saturated heterocycles. The number of nitrogens with one attached hydrogen (secondary N) is 4. The minimum Gasteiger partial charge on any atom is -0.332 e. The second kappa shape index (κ2) is 12.8. The lowest BCUT2D eigenvalue weighted by Crippen LogP contribution is -2.36. The third kappa shape index (κ3) is 8.24. The van der Waals surface area contributed by atoms with Gasteiger partial charge >= 0.3 is 6.03 Å². The summed E-state index contributed by atoms with van der Waals surface area (Å²) in [6, 6.07) is 0.494. The first-order chi connectivity index (χ1) is 12.5. The van der Waals surface area contributed by atoms with Crippen LogP contribution in [-0.2, 0) is 9.59 Å². The lowest BCUT2D eigenvalue weighted by atomic mass is 10.0. The van der Waals surface area contributed by atoms with Crippen LogP contribution in [-0.4, -0.2) is 40.9 Å². The van der Waals surface area contributed by atoms with Crippen LogP contribution < -0.4 is 33.2 Å². The van der Waals surface area contributed by atoms with Crippen molar-refractivity contribution in [3.05, 3.63) is 0 Å². The summed E-state index contributed by atoms with van der Waals surface area (Å²) in [5.41, 5.74) is 4.21. The molecule has 4 amide bonds. The largest absolute Gasteiger partial charge is 0.332 e. The summed E-state index contributed by atoms with van der Waals surface area (Å²) >= 11 is 1.90. The predicted octanol–water partition coefficient (Wildman–Crippen LogP) is 0.259. The zero-order chi connectivity index (χ0) is 19.4. The Hall–Kier alpha value is -1.52. The molecule has 0 unspecified atom stereocenters. The highest BCUT2D eigenvalue weighted by Crippen LogP contribution is 2.33. The number of hydrogen-bond donors (Lipinski definition) is 6. The van der Waals surface area contributed by atoms with Crippen LogP contribution in [0.3, 0.4) is 0 Å². The summed E-state index contributed by atoms with van der Waals surface area (Å²) in [5.74, 6) is 10.7. The van der Waals surface area contributed by atoms with Crippen molar-refractivity contribution in [2.75, 3.05) is 5.75 Å². The molecule has 2 heterocycles. The van der Waals surface area contributed by atoms with E-state index >= 15 is 0 Å². The molecule has 2 aliphatic heterocycles. The van der Waals surface area contributed by atoms with Gasteiger partial charge in [0.25, 0.3) is 0 Å². The Labute approximate surface area is 159 Å². The minimum atomic E-state index is -0.113. The zero-order valence-corrected chi connectivity index (χ0v) is 16.2. The maximum atomic E-state index is 11.2. The molecule has 0 aromatic rings. The topological polar surface area (TPSA) is 151 Å². The maximum absolute atomic E-state index is 11.2. The quantitative estimate of drug-likeness (QED) is 0.110. The number of hydrogen-bond acceptors (Lipinski definition) is 6. The second-order valence-electron chi connectivity index (χ2n) is 6.46. The minimum absolute atomic E-state index is 0.0483. The number of urea groups is 1. The van der Waals surface area contributed by atoms with Gasteiger partial charge in [0.2, 0.25) is 11.8 Å². The van der Waals surface area contributed by atoms with Gasteiger partial charge in [0.1, 0.15) is 0 Å². The Morgan fingerprint density at radius 2 is 1.69 bits per heavy atom. The molecule has 9 nitrogen and oxygen atoms in total. The molecule has 10 heteroatoms. The SMILES string of the molecule is CCCCCC(=O)NN.NNC(=O)CCCC[C@@H]1SC[C@@H]2NC(=O)N[C@@H]21. The van der Waals surface area contributed by atoms with Crippen molar-refractivity contribution >= 4 is 29.6 Å². The van der Waals surface area contributed by atoms with E-state index in [0.717, 1.165) is 44.3 Å². The molecule has 150 valence electrons. The Bertz CT molecular complexity index is 465. The Balaban J connectivity index is 0.000000321. The van der Waals surface area contributed by atoms with Crippen LogP contribution >= 0.6 is 11.8 Å². The summed E-state index contributed by atoms with van der Waals surface area (Å²) < 4.78 is 0. The summed E-state index contributed by atoms with van der Waals surface area (Å²) in [5, 5.41) is 6.34. The van der Waals surface area contributed by atoms with E-state index in [-0.39, 0.29) is 29.9 Å². The van der Waals surface area contributed by atoms with E-state index < -0.39 is 0 Å². The monoisotopic (exact) mass is 388 g/mol. The number of fused-ring (bicyclic) bond motifs is 1. The molecule has 0 radical (unpaired) electrons. The van der Waals surface area contributed by atoms with Crippen molar-refractivity contribution in [3.8, 4) is 0 Å². The highest BCUT2D eigenvalue weighted by Gasteiger charge is 2.42. The van der Waals surface area contributed by atoms with Gasteiger partial charge < -0.3 is 10.6 Å². The molecule has 2 fully saturated rings. The normalized spacial score (nSPS) is 23.2. The highest BCUT2D eigenvalue weighted by molar-refractivity contribution is 8.00. The molecule has 0 aromatic heterocycles. The van der Waals surface area contributed by atoms with Crippen LogP contribution in [0.1, 0.15) is 58.3 Å².